The fourth-order valence-corrected chi connectivity index (χ4v) is 6.76. The van der Waals surface area contributed by atoms with E-state index in [1.54, 1.807) is 20.8 Å². The highest BCUT2D eigenvalue weighted by Crippen LogP contribution is 2.47. The van der Waals surface area contributed by atoms with Gasteiger partial charge < -0.3 is 33.5 Å². The van der Waals surface area contributed by atoms with Gasteiger partial charge in [-0.25, -0.2) is 9.13 Å². The molecule has 1 saturated heterocycles. The molecule has 0 aromatic heterocycles. The first-order chi connectivity index (χ1) is 23.1. The highest BCUT2D eigenvalue weighted by Gasteiger charge is 2.40. The van der Waals surface area contributed by atoms with Gasteiger partial charge >= 0.3 is 15.6 Å². The van der Waals surface area contributed by atoms with E-state index in [2.05, 4.69) is 0 Å². The number of thioether (sulfide) groups is 1. The Morgan fingerprint density at radius 2 is 1.08 bits per heavy atom. The number of phosphoric ester groups is 2. The Balaban J connectivity index is 1.36. The van der Waals surface area contributed by atoms with E-state index in [1.165, 1.54) is 0 Å². The number of amides is 4. The zero-order valence-corrected chi connectivity index (χ0v) is 30.4. The number of nitrogens with zero attached hydrogens (tertiary/aromatic N) is 2. The normalized spacial score (nSPS) is 19.3. The van der Waals surface area contributed by atoms with Gasteiger partial charge in [-0.2, -0.15) is 0 Å². The second-order valence-electron chi connectivity index (χ2n) is 11.0. The van der Waals surface area contributed by atoms with Crippen molar-refractivity contribution in [2.45, 2.75) is 38.0 Å². The number of likely N-dealkylation sites (tertiary alicyclic amines) is 1. The Labute approximate surface area is 289 Å². The van der Waals surface area contributed by atoms with Crippen molar-refractivity contribution in [3.63, 3.8) is 0 Å². The largest absolute Gasteiger partial charge is 0.473 e. The van der Waals surface area contributed by atoms with Crippen LogP contribution in [0.5, 0.6) is 0 Å². The molecule has 1 fully saturated rings. The lowest BCUT2D eigenvalue weighted by molar-refractivity contribution is -0.142. The van der Waals surface area contributed by atoms with Gasteiger partial charge in [-0.05, 0) is 20.8 Å². The Morgan fingerprint density at radius 3 is 1.53 bits per heavy atom. The molecular weight excluding hydrogens is 718 g/mol. The number of carbonyl (C=O) groups excluding carboxylic acids is 4. The van der Waals surface area contributed by atoms with Crippen molar-refractivity contribution in [2.24, 2.45) is 0 Å². The van der Waals surface area contributed by atoms with Gasteiger partial charge in [0.05, 0.1) is 90.1 Å². The number of carbonyl (C=O) groups is 4. The summed E-state index contributed by atoms with van der Waals surface area (Å²) in [5.41, 5.74) is -0.808. The topological polar surface area (TPSA) is 232 Å². The van der Waals surface area contributed by atoms with Gasteiger partial charge in [0.1, 0.15) is 5.94 Å². The zero-order chi connectivity index (χ0) is 36.3. The van der Waals surface area contributed by atoms with Crippen LogP contribution in [-0.4, -0.2) is 152 Å². The summed E-state index contributed by atoms with van der Waals surface area (Å²) in [4.78, 5) is 69.3. The van der Waals surface area contributed by atoms with Crippen LogP contribution in [0.3, 0.4) is 0 Å². The molecule has 0 bridgehead atoms. The van der Waals surface area contributed by atoms with Crippen LogP contribution in [0.1, 0.15) is 27.2 Å². The Kier molecular flexibility index (Phi) is 19.9. The molecule has 3 unspecified atom stereocenters. The van der Waals surface area contributed by atoms with Crippen molar-refractivity contribution < 1.29 is 79.9 Å². The number of ether oxygens (including phenoxy) is 5. The molecule has 3 atom stereocenters. The molecule has 2 N–H and O–H groups in total. The van der Waals surface area contributed by atoms with E-state index >= 15 is 0 Å². The monoisotopic (exact) mass is 764 g/mol. The molecule has 0 aliphatic carbocycles. The van der Waals surface area contributed by atoms with Crippen molar-refractivity contribution in [2.75, 3.05) is 98.3 Å². The Hall–Kier alpha value is -1.61. The first kappa shape index (κ1) is 43.6. The second kappa shape index (κ2) is 22.4. The predicted molar refractivity (Wildman–Crippen MR) is 171 cm³/mol. The molecule has 282 valence electrons. The smallest absolute Gasteiger partial charge is 0.377 e. The molecule has 2 heterocycles. The van der Waals surface area contributed by atoms with Gasteiger partial charge in [-0.15, -0.1) is 11.8 Å². The molecule has 0 spiro atoms. The molecule has 22 heteroatoms. The first-order valence-electron chi connectivity index (χ1n) is 15.3. The quantitative estimate of drug-likeness (QED) is 0.0487. The minimum atomic E-state index is -4.43. The second-order valence-corrected chi connectivity index (χ2v) is 15.0. The third kappa shape index (κ3) is 19.0. The van der Waals surface area contributed by atoms with E-state index in [4.69, 9.17) is 41.8 Å². The van der Waals surface area contributed by atoms with Crippen molar-refractivity contribution >= 4 is 51.0 Å². The van der Waals surface area contributed by atoms with Crippen LogP contribution in [0.25, 0.3) is 0 Å². The van der Waals surface area contributed by atoms with Gasteiger partial charge in [-0.1, -0.05) is 0 Å². The lowest BCUT2D eigenvalue weighted by Gasteiger charge is -2.22. The van der Waals surface area contributed by atoms with Gasteiger partial charge in [0.15, 0.2) is 0 Å². The summed E-state index contributed by atoms with van der Waals surface area (Å²) in [7, 11) is -8.56. The molecule has 4 amide bonds. The van der Waals surface area contributed by atoms with Crippen LogP contribution >= 0.6 is 27.4 Å². The van der Waals surface area contributed by atoms with Crippen LogP contribution in [0.2, 0.25) is 0 Å². The van der Waals surface area contributed by atoms with Crippen molar-refractivity contribution in [1.82, 2.24) is 9.80 Å². The van der Waals surface area contributed by atoms with E-state index < -0.39 is 56.1 Å². The van der Waals surface area contributed by atoms with Crippen molar-refractivity contribution in [1.29, 1.82) is 0 Å². The fraction of sp³-hybridized carbons (Fsp3) is 0.778. The molecule has 19 nitrogen and oxygen atoms in total. The van der Waals surface area contributed by atoms with Gasteiger partial charge in [0, 0.05) is 31.7 Å². The van der Waals surface area contributed by atoms with E-state index in [-0.39, 0.29) is 65.8 Å². The summed E-state index contributed by atoms with van der Waals surface area (Å²) < 4.78 is 69.8. The fourth-order valence-electron chi connectivity index (χ4n) is 3.86. The Morgan fingerprint density at radius 1 is 0.673 bits per heavy atom. The Bertz CT molecular complexity index is 1180. The molecule has 0 saturated carbocycles. The zero-order valence-electron chi connectivity index (χ0n) is 27.8. The lowest BCUT2D eigenvalue weighted by Crippen LogP contribution is -2.41. The highest BCUT2D eigenvalue weighted by atomic mass is 32.2. The van der Waals surface area contributed by atoms with Crippen LogP contribution in [0, 0.1) is 0 Å². The SMILES string of the molecule is CC(C)(C)OP(=O)(O)OCCOCCOCCOCCOCCOCCOP(=O)(O)OCSC1CC(=O)N(CCN2C(=O)C=CC2=O)C1=O. The number of phosphoric acid groups is 2. The molecule has 0 aromatic rings. The van der Waals surface area contributed by atoms with E-state index in [0.29, 0.717) is 33.0 Å². The summed E-state index contributed by atoms with van der Waals surface area (Å²) in [5.74, 6) is -2.45. The maximum atomic E-state index is 12.5. The number of hydrogen-bond donors (Lipinski definition) is 2. The molecule has 0 radical (unpaired) electrons. The molecule has 2 aliphatic heterocycles. The maximum Gasteiger partial charge on any atom is 0.473 e. The summed E-state index contributed by atoms with van der Waals surface area (Å²) in [6, 6.07) is 0. The maximum absolute atomic E-state index is 12.5. The average Bonchev–Trinajstić information content (AvgIpc) is 3.46. The highest BCUT2D eigenvalue weighted by molar-refractivity contribution is 8.00. The van der Waals surface area contributed by atoms with E-state index in [9.17, 15) is 38.1 Å². The average molecular weight is 765 g/mol. The van der Waals surface area contributed by atoms with E-state index in [1.807, 2.05) is 0 Å². The predicted octanol–water partition coefficient (Wildman–Crippen LogP) is 0.878. The van der Waals surface area contributed by atoms with E-state index in [0.717, 1.165) is 33.7 Å². The molecule has 49 heavy (non-hydrogen) atoms. The number of rotatable bonds is 28. The minimum Gasteiger partial charge on any atom is -0.377 e. The van der Waals surface area contributed by atoms with Gasteiger partial charge in [0.25, 0.3) is 11.8 Å². The number of hydrogen-bond acceptors (Lipinski definition) is 16. The van der Waals surface area contributed by atoms with Gasteiger partial charge in [0.2, 0.25) is 11.8 Å². The van der Waals surface area contributed by atoms with Crippen molar-refractivity contribution in [3.8, 4) is 0 Å². The molecule has 2 aliphatic rings. The van der Waals surface area contributed by atoms with Crippen LogP contribution < -0.4 is 0 Å². The minimum absolute atomic E-state index is 0.00897. The number of imide groups is 2. The van der Waals surface area contributed by atoms with Crippen molar-refractivity contribution in [3.05, 3.63) is 12.2 Å². The third-order valence-electron chi connectivity index (χ3n) is 5.98. The standard InChI is InChI=1S/C27H46N2O17P2S/c1-27(2,3)46-48(36,37)44-19-17-42-15-13-40-11-9-38-8-10-39-12-14-41-16-18-43-47(34,35)45-21-49-22-20-25(32)29(26(22)33)7-6-28-23(30)4-5-24(28)31/h4-5,22H,6-21H2,1-3H3,(H,34,35)(H,36,37). The molecule has 0 aromatic carbocycles. The van der Waals surface area contributed by atoms with Crippen LogP contribution in [0.15, 0.2) is 12.2 Å². The summed E-state index contributed by atoms with van der Waals surface area (Å²) in [6.45, 7) is 6.80. The lowest BCUT2D eigenvalue weighted by atomic mass is 10.2. The third-order valence-corrected chi connectivity index (χ3v) is 9.43. The van der Waals surface area contributed by atoms with Gasteiger partial charge in [-0.3, -0.25) is 47.1 Å². The van der Waals surface area contributed by atoms with Crippen LogP contribution in [-0.2, 0) is 70.1 Å². The molecular formula is C27H46N2O17P2S. The summed E-state index contributed by atoms with van der Waals surface area (Å²) in [5, 5.41) is -0.839. The summed E-state index contributed by atoms with van der Waals surface area (Å²) >= 11 is 0.856. The van der Waals surface area contributed by atoms with Crippen LogP contribution in [0.4, 0.5) is 0 Å². The summed E-state index contributed by atoms with van der Waals surface area (Å²) in [6.07, 6.45) is 2.07. The molecule has 2 rings (SSSR count). The first-order valence-corrected chi connectivity index (χ1v) is 19.3.